The summed E-state index contributed by atoms with van der Waals surface area (Å²) in [7, 11) is 0.707. The zero-order valence-corrected chi connectivity index (χ0v) is 9.77. The minimum Gasteiger partial charge on any atom is -0.423 e. The first-order valence-electron chi connectivity index (χ1n) is 5.83. The molecule has 0 aliphatic carbocycles. The second-order valence-corrected chi connectivity index (χ2v) is 4.75. The summed E-state index contributed by atoms with van der Waals surface area (Å²) in [6, 6.07) is 5.54. The van der Waals surface area contributed by atoms with Gasteiger partial charge in [0.1, 0.15) is 0 Å². The molecule has 3 rings (SSSR count). The Balaban J connectivity index is 2.18. The van der Waals surface area contributed by atoms with Crippen LogP contribution in [-0.2, 0) is 13.0 Å². The molecule has 5 heteroatoms. The van der Waals surface area contributed by atoms with Crippen molar-refractivity contribution in [2.75, 3.05) is 13.6 Å². The number of aromatic nitrogens is 1. The van der Waals surface area contributed by atoms with Crippen LogP contribution in [0.5, 0.6) is 0 Å². The molecule has 0 spiro atoms. The number of nitrogens with one attached hydrogen (secondary N) is 1. The number of benzene rings is 1. The molecule has 0 saturated heterocycles. The van der Waals surface area contributed by atoms with Gasteiger partial charge in [-0.05, 0) is 24.1 Å². The molecule has 1 aliphatic rings. The lowest BCUT2D eigenvalue weighted by atomic mass is 9.79. The number of fused-ring (bicyclic) bond motifs is 3. The van der Waals surface area contributed by atoms with Crippen molar-refractivity contribution in [1.82, 2.24) is 9.88 Å². The van der Waals surface area contributed by atoms with E-state index in [0.29, 0.717) is 5.46 Å². The Morgan fingerprint density at radius 1 is 1.35 bits per heavy atom. The maximum absolute atomic E-state index is 9.21. The number of aromatic amines is 1. The van der Waals surface area contributed by atoms with Crippen LogP contribution in [0.25, 0.3) is 10.9 Å². The van der Waals surface area contributed by atoms with Crippen LogP contribution in [0.15, 0.2) is 18.2 Å². The molecule has 0 fully saturated rings. The van der Waals surface area contributed by atoms with Gasteiger partial charge >= 0.3 is 7.12 Å². The van der Waals surface area contributed by atoms with Crippen molar-refractivity contribution < 1.29 is 10.0 Å². The summed E-state index contributed by atoms with van der Waals surface area (Å²) < 4.78 is 0. The molecule has 0 unspecified atom stereocenters. The van der Waals surface area contributed by atoms with Crippen LogP contribution in [-0.4, -0.2) is 40.6 Å². The largest absolute Gasteiger partial charge is 0.488 e. The Hall–Kier alpha value is -1.30. The van der Waals surface area contributed by atoms with Gasteiger partial charge in [0.2, 0.25) is 0 Å². The van der Waals surface area contributed by atoms with Gasteiger partial charge in [0.05, 0.1) is 0 Å². The number of H-pyrrole nitrogens is 1. The van der Waals surface area contributed by atoms with Crippen LogP contribution in [0.2, 0.25) is 0 Å². The molecule has 17 heavy (non-hydrogen) atoms. The van der Waals surface area contributed by atoms with Crippen molar-refractivity contribution in [1.29, 1.82) is 0 Å². The quantitative estimate of drug-likeness (QED) is 0.596. The molecule has 1 aromatic heterocycles. The highest BCUT2D eigenvalue weighted by Crippen LogP contribution is 2.26. The normalized spacial score (nSPS) is 16.2. The minimum atomic E-state index is -1.40. The fourth-order valence-corrected chi connectivity index (χ4v) is 2.53. The molecule has 0 radical (unpaired) electrons. The lowest BCUT2D eigenvalue weighted by Gasteiger charge is -2.22. The highest BCUT2D eigenvalue weighted by atomic mass is 16.4. The lowest BCUT2D eigenvalue weighted by Crippen LogP contribution is -2.29. The molecule has 1 aliphatic heterocycles. The predicted octanol–water partition coefficient (Wildman–Crippen LogP) is -0.164. The molecule has 2 heterocycles. The Labute approximate surface area is 100 Å². The highest BCUT2D eigenvalue weighted by molar-refractivity contribution is 6.58. The van der Waals surface area contributed by atoms with Crippen molar-refractivity contribution in [3.63, 3.8) is 0 Å². The van der Waals surface area contributed by atoms with Crippen LogP contribution < -0.4 is 5.46 Å². The lowest BCUT2D eigenvalue weighted by molar-refractivity contribution is 0.313. The van der Waals surface area contributed by atoms with Gasteiger partial charge in [0, 0.05) is 36.1 Å². The molecular formula is C12H15BN2O2. The van der Waals surface area contributed by atoms with Gasteiger partial charge in [0.15, 0.2) is 0 Å². The molecule has 0 saturated carbocycles. The van der Waals surface area contributed by atoms with Gasteiger partial charge in [-0.1, -0.05) is 12.1 Å². The SMILES string of the molecule is CN1CCc2[nH]c3ccc(B(O)O)cc3c2C1. The minimum absolute atomic E-state index is 0.549. The zero-order valence-electron chi connectivity index (χ0n) is 9.77. The molecule has 88 valence electrons. The smallest absolute Gasteiger partial charge is 0.423 e. The van der Waals surface area contributed by atoms with E-state index in [9.17, 15) is 10.0 Å². The van der Waals surface area contributed by atoms with Gasteiger partial charge in [-0.2, -0.15) is 0 Å². The van der Waals surface area contributed by atoms with Crippen LogP contribution >= 0.6 is 0 Å². The summed E-state index contributed by atoms with van der Waals surface area (Å²) in [6.07, 6.45) is 1.03. The van der Waals surface area contributed by atoms with Crippen molar-refractivity contribution in [3.05, 3.63) is 29.5 Å². The molecule has 0 atom stereocenters. The van der Waals surface area contributed by atoms with Gasteiger partial charge in [-0.3, -0.25) is 0 Å². The summed E-state index contributed by atoms with van der Waals surface area (Å²) in [6.45, 7) is 1.98. The van der Waals surface area contributed by atoms with Crippen molar-refractivity contribution in [3.8, 4) is 0 Å². The molecular weight excluding hydrogens is 215 g/mol. The molecule has 3 N–H and O–H groups in total. The summed E-state index contributed by atoms with van der Waals surface area (Å²) in [5.41, 5.74) is 4.20. The predicted molar refractivity (Wildman–Crippen MR) is 68.2 cm³/mol. The van der Waals surface area contributed by atoms with E-state index in [4.69, 9.17) is 0 Å². The second kappa shape index (κ2) is 3.87. The topological polar surface area (TPSA) is 59.5 Å². The van der Waals surface area contributed by atoms with E-state index in [0.717, 1.165) is 30.4 Å². The van der Waals surface area contributed by atoms with Crippen LogP contribution in [0.1, 0.15) is 11.3 Å². The third-order valence-electron chi connectivity index (χ3n) is 3.49. The van der Waals surface area contributed by atoms with E-state index in [-0.39, 0.29) is 0 Å². The highest BCUT2D eigenvalue weighted by Gasteiger charge is 2.20. The van der Waals surface area contributed by atoms with E-state index in [1.165, 1.54) is 11.3 Å². The Bertz CT molecular complexity index is 565. The molecule has 0 bridgehead atoms. The van der Waals surface area contributed by atoms with Crippen molar-refractivity contribution >= 4 is 23.5 Å². The van der Waals surface area contributed by atoms with E-state index < -0.39 is 7.12 Å². The van der Waals surface area contributed by atoms with Crippen molar-refractivity contribution in [2.45, 2.75) is 13.0 Å². The summed E-state index contributed by atoms with van der Waals surface area (Å²) in [5, 5.41) is 19.5. The Morgan fingerprint density at radius 3 is 2.94 bits per heavy atom. The van der Waals surface area contributed by atoms with Gasteiger partial charge in [-0.25, -0.2) is 0 Å². The second-order valence-electron chi connectivity index (χ2n) is 4.75. The zero-order chi connectivity index (χ0) is 12.0. The van der Waals surface area contributed by atoms with Crippen LogP contribution in [0, 0.1) is 0 Å². The average Bonchev–Trinajstić information content (AvgIpc) is 2.66. The first kappa shape index (κ1) is 10.8. The summed E-state index contributed by atoms with van der Waals surface area (Å²) >= 11 is 0. The standard InChI is InChI=1S/C12H15BN2O2/c1-15-5-4-12-10(7-15)9-6-8(13(16)17)2-3-11(9)14-12/h2-3,6,14,16-17H,4-5,7H2,1H3. The third-order valence-corrected chi connectivity index (χ3v) is 3.49. The van der Waals surface area contributed by atoms with E-state index in [1.54, 1.807) is 6.07 Å². The van der Waals surface area contributed by atoms with Crippen LogP contribution in [0.3, 0.4) is 0 Å². The van der Waals surface area contributed by atoms with Crippen molar-refractivity contribution in [2.24, 2.45) is 0 Å². The third kappa shape index (κ3) is 1.76. The molecule has 1 aromatic carbocycles. The monoisotopic (exact) mass is 230 g/mol. The molecule has 4 nitrogen and oxygen atoms in total. The van der Waals surface area contributed by atoms with Gasteiger partial charge in [-0.15, -0.1) is 0 Å². The number of rotatable bonds is 1. The Kier molecular flexibility index (Phi) is 2.47. The number of likely N-dealkylation sites (N-methyl/N-ethyl adjacent to an activating group) is 1. The number of nitrogens with zero attached hydrogens (tertiary/aromatic N) is 1. The van der Waals surface area contributed by atoms with Crippen LogP contribution in [0.4, 0.5) is 0 Å². The Morgan fingerprint density at radius 2 is 2.18 bits per heavy atom. The van der Waals surface area contributed by atoms with E-state index >= 15 is 0 Å². The molecule has 2 aromatic rings. The molecule has 0 amide bonds. The van der Waals surface area contributed by atoms with Gasteiger partial charge < -0.3 is 19.9 Å². The number of hydrogen-bond donors (Lipinski definition) is 3. The maximum atomic E-state index is 9.21. The first-order chi connectivity index (χ1) is 8.15. The van der Waals surface area contributed by atoms with E-state index in [1.807, 2.05) is 12.1 Å². The fourth-order valence-electron chi connectivity index (χ4n) is 2.53. The summed E-state index contributed by atoms with van der Waals surface area (Å²) in [5.74, 6) is 0. The average molecular weight is 230 g/mol. The van der Waals surface area contributed by atoms with E-state index in [2.05, 4.69) is 16.9 Å². The maximum Gasteiger partial charge on any atom is 0.488 e. The fraction of sp³-hybridized carbons (Fsp3) is 0.333. The first-order valence-corrected chi connectivity index (χ1v) is 5.83. The van der Waals surface area contributed by atoms with Gasteiger partial charge in [0.25, 0.3) is 0 Å². The summed E-state index contributed by atoms with van der Waals surface area (Å²) in [4.78, 5) is 5.69. The number of hydrogen-bond acceptors (Lipinski definition) is 3.